The van der Waals surface area contributed by atoms with Crippen LogP contribution in [0.15, 0.2) is 18.2 Å². The Kier molecular flexibility index (Phi) is 3.08. The standard InChI is InChI=1S/C14H21NO/c1-4-14(2,3)11-6-7-13-12(10-11)15-8-5-9-16-13/h6-7,10,15H,4-5,8-9H2,1-3H3. The molecule has 0 spiro atoms. The summed E-state index contributed by atoms with van der Waals surface area (Å²) in [7, 11) is 0. The van der Waals surface area contributed by atoms with Gasteiger partial charge in [0.15, 0.2) is 0 Å². The molecule has 0 amide bonds. The summed E-state index contributed by atoms with van der Waals surface area (Å²) < 4.78 is 5.69. The van der Waals surface area contributed by atoms with Crippen LogP contribution in [0.25, 0.3) is 0 Å². The molecule has 1 aliphatic rings. The smallest absolute Gasteiger partial charge is 0.142 e. The van der Waals surface area contributed by atoms with Crippen LogP contribution in [0.5, 0.6) is 5.75 Å². The van der Waals surface area contributed by atoms with E-state index in [0.717, 1.165) is 37.4 Å². The Hall–Kier alpha value is -1.18. The second kappa shape index (κ2) is 4.36. The van der Waals surface area contributed by atoms with Crippen LogP contribution in [-0.2, 0) is 5.41 Å². The zero-order valence-electron chi connectivity index (χ0n) is 10.5. The summed E-state index contributed by atoms with van der Waals surface area (Å²) in [5.74, 6) is 0.994. The van der Waals surface area contributed by atoms with E-state index in [1.807, 2.05) is 0 Å². The number of hydrogen-bond acceptors (Lipinski definition) is 2. The third-order valence-corrected chi connectivity index (χ3v) is 3.54. The first-order valence-corrected chi connectivity index (χ1v) is 6.15. The predicted octanol–water partition coefficient (Wildman–Crippen LogP) is 3.57. The Morgan fingerprint density at radius 2 is 2.19 bits per heavy atom. The number of nitrogens with one attached hydrogen (secondary N) is 1. The number of ether oxygens (including phenoxy) is 1. The molecule has 0 fully saturated rings. The van der Waals surface area contributed by atoms with Crippen molar-refractivity contribution in [3.8, 4) is 5.75 Å². The van der Waals surface area contributed by atoms with E-state index in [-0.39, 0.29) is 5.41 Å². The van der Waals surface area contributed by atoms with Gasteiger partial charge in [-0.15, -0.1) is 0 Å². The molecular formula is C14H21NO. The Labute approximate surface area is 98.0 Å². The molecule has 1 heterocycles. The quantitative estimate of drug-likeness (QED) is 0.821. The maximum absolute atomic E-state index is 5.69. The molecule has 0 bridgehead atoms. The van der Waals surface area contributed by atoms with E-state index in [0.29, 0.717) is 0 Å². The van der Waals surface area contributed by atoms with Crippen molar-refractivity contribution >= 4 is 5.69 Å². The van der Waals surface area contributed by atoms with Gasteiger partial charge in [-0.05, 0) is 36.0 Å². The van der Waals surface area contributed by atoms with Crippen molar-refractivity contribution in [1.29, 1.82) is 0 Å². The minimum atomic E-state index is 0.239. The van der Waals surface area contributed by atoms with Crippen LogP contribution >= 0.6 is 0 Å². The first-order chi connectivity index (χ1) is 7.63. The largest absolute Gasteiger partial charge is 0.491 e. The highest BCUT2D eigenvalue weighted by molar-refractivity contribution is 5.59. The van der Waals surface area contributed by atoms with Gasteiger partial charge in [-0.1, -0.05) is 26.8 Å². The van der Waals surface area contributed by atoms with Crippen LogP contribution in [0.1, 0.15) is 39.2 Å². The van der Waals surface area contributed by atoms with E-state index in [1.165, 1.54) is 5.56 Å². The maximum atomic E-state index is 5.69. The van der Waals surface area contributed by atoms with E-state index >= 15 is 0 Å². The normalized spacial score (nSPS) is 15.7. The SMILES string of the molecule is CCC(C)(C)c1ccc2c(c1)NCCCO2. The van der Waals surface area contributed by atoms with Crippen LogP contribution in [0.3, 0.4) is 0 Å². The number of rotatable bonds is 2. The van der Waals surface area contributed by atoms with Gasteiger partial charge >= 0.3 is 0 Å². The van der Waals surface area contributed by atoms with Crippen molar-refractivity contribution in [3.63, 3.8) is 0 Å². The molecule has 1 N–H and O–H groups in total. The molecule has 16 heavy (non-hydrogen) atoms. The monoisotopic (exact) mass is 219 g/mol. The van der Waals surface area contributed by atoms with Crippen molar-refractivity contribution in [2.75, 3.05) is 18.5 Å². The summed E-state index contributed by atoms with van der Waals surface area (Å²) in [5.41, 5.74) is 2.77. The van der Waals surface area contributed by atoms with E-state index in [1.54, 1.807) is 0 Å². The van der Waals surface area contributed by atoms with E-state index in [4.69, 9.17) is 4.74 Å². The lowest BCUT2D eigenvalue weighted by Crippen LogP contribution is -2.15. The fraction of sp³-hybridized carbons (Fsp3) is 0.571. The van der Waals surface area contributed by atoms with Gasteiger partial charge in [0, 0.05) is 6.54 Å². The zero-order valence-corrected chi connectivity index (χ0v) is 10.5. The summed E-state index contributed by atoms with van der Waals surface area (Å²) in [4.78, 5) is 0. The molecule has 0 aliphatic carbocycles. The fourth-order valence-corrected chi connectivity index (χ4v) is 1.90. The van der Waals surface area contributed by atoms with Crippen LogP contribution in [-0.4, -0.2) is 13.2 Å². The minimum absolute atomic E-state index is 0.239. The van der Waals surface area contributed by atoms with E-state index in [9.17, 15) is 0 Å². The van der Waals surface area contributed by atoms with Gasteiger partial charge in [0.05, 0.1) is 12.3 Å². The average Bonchev–Trinajstić information content (AvgIpc) is 2.53. The van der Waals surface area contributed by atoms with Crippen LogP contribution in [0, 0.1) is 0 Å². The molecule has 1 aromatic carbocycles. The molecule has 1 aromatic rings. The Balaban J connectivity index is 2.34. The number of anilines is 1. The van der Waals surface area contributed by atoms with E-state index in [2.05, 4.69) is 44.3 Å². The van der Waals surface area contributed by atoms with Gasteiger partial charge in [-0.2, -0.15) is 0 Å². The van der Waals surface area contributed by atoms with Crippen molar-refractivity contribution in [3.05, 3.63) is 23.8 Å². The molecule has 0 radical (unpaired) electrons. The van der Waals surface area contributed by atoms with Crippen molar-refractivity contribution in [2.45, 2.75) is 39.0 Å². The van der Waals surface area contributed by atoms with Gasteiger partial charge < -0.3 is 10.1 Å². The summed E-state index contributed by atoms with van der Waals surface area (Å²) in [6, 6.07) is 6.53. The average molecular weight is 219 g/mol. The van der Waals surface area contributed by atoms with Gasteiger partial charge in [0.2, 0.25) is 0 Å². The molecular weight excluding hydrogens is 198 g/mol. The number of hydrogen-bond donors (Lipinski definition) is 1. The highest BCUT2D eigenvalue weighted by Gasteiger charge is 2.20. The third kappa shape index (κ3) is 2.16. The molecule has 0 saturated heterocycles. The second-order valence-corrected chi connectivity index (χ2v) is 5.08. The molecule has 0 saturated carbocycles. The van der Waals surface area contributed by atoms with Gasteiger partial charge in [-0.3, -0.25) is 0 Å². The molecule has 2 nitrogen and oxygen atoms in total. The van der Waals surface area contributed by atoms with Gasteiger partial charge in [0.1, 0.15) is 5.75 Å². The van der Waals surface area contributed by atoms with Crippen LogP contribution in [0.4, 0.5) is 5.69 Å². The summed E-state index contributed by atoms with van der Waals surface area (Å²) in [6.07, 6.45) is 2.22. The maximum Gasteiger partial charge on any atom is 0.142 e. The van der Waals surface area contributed by atoms with Crippen LogP contribution < -0.4 is 10.1 Å². The predicted molar refractivity (Wildman–Crippen MR) is 68.4 cm³/mol. The molecule has 0 aromatic heterocycles. The van der Waals surface area contributed by atoms with Gasteiger partial charge in [0.25, 0.3) is 0 Å². The third-order valence-electron chi connectivity index (χ3n) is 3.54. The Morgan fingerprint density at radius 3 is 2.94 bits per heavy atom. The lowest BCUT2D eigenvalue weighted by atomic mass is 9.82. The van der Waals surface area contributed by atoms with E-state index < -0.39 is 0 Å². The molecule has 0 atom stereocenters. The van der Waals surface area contributed by atoms with Crippen LogP contribution in [0.2, 0.25) is 0 Å². The number of fused-ring (bicyclic) bond motifs is 1. The lowest BCUT2D eigenvalue weighted by Gasteiger charge is -2.24. The number of benzene rings is 1. The molecule has 1 aliphatic heterocycles. The summed E-state index contributed by atoms with van der Waals surface area (Å²) >= 11 is 0. The van der Waals surface area contributed by atoms with Crippen molar-refractivity contribution in [2.24, 2.45) is 0 Å². The lowest BCUT2D eigenvalue weighted by molar-refractivity contribution is 0.322. The summed E-state index contributed by atoms with van der Waals surface area (Å²) in [6.45, 7) is 8.62. The summed E-state index contributed by atoms with van der Waals surface area (Å²) in [5, 5.41) is 3.44. The highest BCUT2D eigenvalue weighted by atomic mass is 16.5. The second-order valence-electron chi connectivity index (χ2n) is 5.08. The van der Waals surface area contributed by atoms with Crippen molar-refractivity contribution < 1.29 is 4.74 Å². The Bertz CT molecular complexity index is 371. The first-order valence-electron chi connectivity index (χ1n) is 6.15. The zero-order chi connectivity index (χ0) is 11.6. The Morgan fingerprint density at radius 1 is 1.38 bits per heavy atom. The molecule has 2 heteroatoms. The van der Waals surface area contributed by atoms with Gasteiger partial charge in [-0.25, -0.2) is 0 Å². The molecule has 88 valence electrons. The highest BCUT2D eigenvalue weighted by Crippen LogP contribution is 2.34. The topological polar surface area (TPSA) is 21.3 Å². The first kappa shape index (κ1) is 11.3. The molecule has 0 unspecified atom stereocenters. The molecule has 2 rings (SSSR count). The minimum Gasteiger partial charge on any atom is -0.491 e. The fourth-order valence-electron chi connectivity index (χ4n) is 1.90. The van der Waals surface area contributed by atoms with Crippen molar-refractivity contribution in [1.82, 2.24) is 0 Å².